The van der Waals surface area contributed by atoms with Crippen LogP contribution in [0.5, 0.6) is 0 Å². The molecule has 1 aromatic heterocycles. The molecule has 0 atom stereocenters. The molecule has 3 rings (SSSR count). The van der Waals surface area contributed by atoms with Crippen LogP contribution in [0.4, 0.5) is 5.82 Å². The van der Waals surface area contributed by atoms with Crippen molar-refractivity contribution in [3.05, 3.63) is 36.4 Å². The standard InChI is InChI=1S/C16H19N3O3S.2ClH/c1-23(21,22)16(8-10-17-11-9-16)15(20)19-14-7-6-12-4-2-3-5-13(12)18-14;;/h2-7,17H,8-11H2,1H3,(H,18,19,20);2*1H. The summed E-state index contributed by atoms with van der Waals surface area (Å²) in [5.41, 5.74) is 0.754. The normalized spacial score (nSPS) is 16.4. The maximum Gasteiger partial charge on any atom is 0.247 e. The van der Waals surface area contributed by atoms with Crippen molar-refractivity contribution in [2.75, 3.05) is 24.7 Å². The molecule has 1 aliphatic rings. The average Bonchev–Trinajstić information content (AvgIpc) is 2.54. The van der Waals surface area contributed by atoms with Crippen molar-refractivity contribution in [2.24, 2.45) is 0 Å². The quantitative estimate of drug-likeness (QED) is 0.816. The molecule has 25 heavy (non-hydrogen) atoms. The van der Waals surface area contributed by atoms with Crippen LogP contribution < -0.4 is 10.6 Å². The number of benzene rings is 1. The maximum atomic E-state index is 12.7. The fourth-order valence-electron chi connectivity index (χ4n) is 2.96. The number of hydrogen-bond donors (Lipinski definition) is 2. The molecular formula is C16H21Cl2N3O3S. The van der Waals surface area contributed by atoms with E-state index in [0.717, 1.165) is 17.2 Å². The van der Waals surface area contributed by atoms with E-state index in [0.29, 0.717) is 18.9 Å². The van der Waals surface area contributed by atoms with E-state index in [1.807, 2.05) is 30.3 Å². The fourth-order valence-corrected chi connectivity index (χ4v) is 4.30. The molecule has 0 saturated carbocycles. The summed E-state index contributed by atoms with van der Waals surface area (Å²) in [4.78, 5) is 17.1. The number of pyridine rings is 1. The fraction of sp³-hybridized carbons (Fsp3) is 0.375. The molecule has 2 N–H and O–H groups in total. The average molecular weight is 406 g/mol. The zero-order valence-electron chi connectivity index (χ0n) is 13.7. The van der Waals surface area contributed by atoms with Crippen LogP contribution in [-0.4, -0.2) is 43.4 Å². The van der Waals surface area contributed by atoms with Gasteiger partial charge in [-0.1, -0.05) is 18.2 Å². The largest absolute Gasteiger partial charge is 0.317 e. The number of sulfone groups is 1. The van der Waals surface area contributed by atoms with Gasteiger partial charge in [-0.25, -0.2) is 13.4 Å². The van der Waals surface area contributed by atoms with Crippen molar-refractivity contribution < 1.29 is 13.2 Å². The van der Waals surface area contributed by atoms with E-state index < -0.39 is 20.5 Å². The lowest BCUT2D eigenvalue weighted by molar-refractivity contribution is -0.119. The summed E-state index contributed by atoms with van der Waals surface area (Å²) >= 11 is 0. The summed E-state index contributed by atoms with van der Waals surface area (Å²) < 4.78 is 23.1. The molecular weight excluding hydrogens is 385 g/mol. The molecule has 0 aliphatic carbocycles. The van der Waals surface area contributed by atoms with Crippen LogP contribution in [0.2, 0.25) is 0 Å². The third kappa shape index (κ3) is 4.23. The lowest BCUT2D eigenvalue weighted by Crippen LogP contribution is -2.55. The Morgan fingerprint density at radius 3 is 2.40 bits per heavy atom. The van der Waals surface area contributed by atoms with Crippen LogP contribution in [0, 0.1) is 0 Å². The van der Waals surface area contributed by atoms with Gasteiger partial charge in [-0.3, -0.25) is 4.79 Å². The minimum atomic E-state index is -3.53. The van der Waals surface area contributed by atoms with Gasteiger partial charge in [-0.2, -0.15) is 0 Å². The van der Waals surface area contributed by atoms with E-state index in [9.17, 15) is 13.2 Å². The van der Waals surface area contributed by atoms with Crippen LogP contribution in [0.3, 0.4) is 0 Å². The van der Waals surface area contributed by atoms with E-state index in [1.165, 1.54) is 0 Å². The Balaban J connectivity index is 0.00000156. The first kappa shape index (κ1) is 21.6. The van der Waals surface area contributed by atoms with Crippen molar-refractivity contribution in [3.8, 4) is 0 Å². The summed E-state index contributed by atoms with van der Waals surface area (Å²) in [6, 6.07) is 11.1. The molecule has 138 valence electrons. The molecule has 0 bridgehead atoms. The van der Waals surface area contributed by atoms with E-state index in [2.05, 4.69) is 15.6 Å². The molecule has 1 fully saturated rings. The Morgan fingerprint density at radius 1 is 1.12 bits per heavy atom. The minimum absolute atomic E-state index is 0. The van der Waals surface area contributed by atoms with Crippen LogP contribution in [0.25, 0.3) is 10.9 Å². The smallest absolute Gasteiger partial charge is 0.247 e. The second-order valence-electron chi connectivity index (χ2n) is 5.86. The number of carbonyl (C=O) groups excluding carboxylic acids is 1. The predicted molar refractivity (Wildman–Crippen MR) is 105 cm³/mol. The molecule has 0 spiro atoms. The number of piperidine rings is 1. The number of anilines is 1. The summed E-state index contributed by atoms with van der Waals surface area (Å²) in [6.45, 7) is 1.01. The number of fused-ring (bicyclic) bond motifs is 1. The molecule has 2 aromatic rings. The number of para-hydroxylation sites is 1. The third-order valence-electron chi connectivity index (χ3n) is 4.37. The zero-order valence-corrected chi connectivity index (χ0v) is 16.1. The predicted octanol–water partition coefficient (Wildman–Crippen LogP) is 2.18. The molecule has 1 saturated heterocycles. The second-order valence-corrected chi connectivity index (χ2v) is 8.19. The zero-order chi connectivity index (χ0) is 16.5. The Kier molecular flexibility index (Phi) is 7.19. The van der Waals surface area contributed by atoms with Gasteiger partial charge >= 0.3 is 0 Å². The number of halogens is 2. The minimum Gasteiger partial charge on any atom is -0.317 e. The van der Waals surface area contributed by atoms with Crippen molar-refractivity contribution in [2.45, 2.75) is 17.6 Å². The first-order valence-electron chi connectivity index (χ1n) is 7.50. The molecule has 1 aliphatic heterocycles. The van der Waals surface area contributed by atoms with Gasteiger partial charge in [-0.15, -0.1) is 24.8 Å². The van der Waals surface area contributed by atoms with Crippen LogP contribution >= 0.6 is 24.8 Å². The van der Waals surface area contributed by atoms with Gasteiger partial charge in [0.1, 0.15) is 5.82 Å². The number of carbonyl (C=O) groups is 1. The molecule has 1 amide bonds. The highest BCUT2D eigenvalue weighted by molar-refractivity contribution is 7.92. The van der Waals surface area contributed by atoms with Gasteiger partial charge in [0.25, 0.3) is 0 Å². The van der Waals surface area contributed by atoms with E-state index in [1.54, 1.807) is 6.07 Å². The Morgan fingerprint density at radius 2 is 1.76 bits per heavy atom. The summed E-state index contributed by atoms with van der Waals surface area (Å²) in [5.74, 6) is -0.125. The van der Waals surface area contributed by atoms with Crippen molar-refractivity contribution in [1.82, 2.24) is 10.3 Å². The van der Waals surface area contributed by atoms with E-state index >= 15 is 0 Å². The third-order valence-corrected chi connectivity index (χ3v) is 6.39. The number of rotatable bonds is 3. The Hall–Kier alpha value is -1.41. The van der Waals surface area contributed by atoms with Crippen molar-refractivity contribution >= 4 is 57.3 Å². The van der Waals surface area contributed by atoms with Crippen molar-refractivity contribution in [1.29, 1.82) is 0 Å². The highest BCUT2D eigenvalue weighted by Gasteiger charge is 2.48. The van der Waals surface area contributed by atoms with Gasteiger partial charge < -0.3 is 10.6 Å². The van der Waals surface area contributed by atoms with Crippen LogP contribution in [0.1, 0.15) is 12.8 Å². The molecule has 9 heteroatoms. The maximum absolute atomic E-state index is 12.7. The summed E-state index contributed by atoms with van der Waals surface area (Å²) in [5, 5.41) is 6.75. The van der Waals surface area contributed by atoms with E-state index in [-0.39, 0.29) is 37.7 Å². The molecule has 2 heterocycles. The molecule has 0 unspecified atom stereocenters. The number of aromatic nitrogens is 1. The van der Waals surface area contributed by atoms with Crippen molar-refractivity contribution in [3.63, 3.8) is 0 Å². The molecule has 1 aromatic carbocycles. The monoisotopic (exact) mass is 405 g/mol. The molecule has 0 radical (unpaired) electrons. The Bertz CT molecular complexity index is 853. The van der Waals surface area contributed by atoms with Crippen LogP contribution in [0.15, 0.2) is 36.4 Å². The van der Waals surface area contributed by atoms with Gasteiger partial charge in [0.05, 0.1) is 5.52 Å². The van der Waals surface area contributed by atoms with Gasteiger partial charge in [-0.05, 0) is 44.1 Å². The number of hydrogen-bond acceptors (Lipinski definition) is 5. The number of nitrogens with zero attached hydrogens (tertiary/aromatic N) is 1. The summed E-state index contributed by atoms with van der Waals surface area (Å²) in [6.07, 6.45) is 1.67. The lowest BCUT2D eigenvalue weighted by atomic mass is 9.96. The van der Waals surface area contributed by atoms with Gasteiger partial charge in [0.15, 0.2) is 14.6 Å². The van der Waals surface area contributed by atoms with E-state index in [4.69, 9.17) is 0 Å². The Labute approximate surface area is 159 Å². The molecule has 6 nitrogen and oxygen atoms in total. The first-order chi connectivity index (χ1) is 10.9. The SMILES string of the molecule is CS(=O)(=O)C1(C(=O)Nc2ccc3ccccc3n2)CCNCC1.Cl.Cl. The summed E-state index contributed by atoms with van der Waals surface area (Å²) in [7, 11) is -3.53. The first-order valence-corrected chi connectivity index (χ1v) is 9.39. The highest BCUT2D eigenvalue weighted by Crippen LogP contribution is 2.29. The van der Waals surface area contributed by atoms with Crippen LogP contribution in [-0.2, 0) is 14.6 Å². The van der Waals surface area contributed by atoms with Gasteiger partial charge in [0, 0.05) is 11.6 Å². The highest BCUT2D eigenvalue weighted by atomic mass is 35.5. The lowest BCUT2D eigenvalue weighted by Gasteiger charge is -2.34. The second kappa shape index (κ2) is 8.31. The topological polar surface area (TPSA) is 88.2 Å². The number of amides is 1. The number of nitrogens with one attached hydrogen (secondary N) is 2. The van der Waals surface area contributed by atoms with Gasteiger partial charge in [0.2, 0.25) is 5.91 Å².